The third-order valence-electron chi connectivity index (χ3n) is 2.32. The number of nitrogen functional groups attached to an aromatic ring is 1. The topological polar surface area (TPSA) is 127 Å². The van der Waals surface area contributed by atoms with Crippen LogP contribution in [0.4, 0.5) is 11.8 Å². The van der Waals surface area contributed by atoms with Gasteiger partial charge in [0.2, 0.25) is 11.8 Å². The van der Waals surface area contributed by atoms with Crippen LogP contribution < -0.4 is 11.1 Å². The van der Waals surface area contributed by atoms with Crippen molar-refractivity contribution in [2.45, 2.75) is 26.3 Å². The van der Waals surface area contributed by atoms with Crippen molar-refractivity contribution in [2.75, 3.05) is 11.1 Å². The van der Waals surface area contributed by atoms with Gasteiger partial charge in [0, 0.05) is 5.92 Å². The van der Waals surface area contributed by atoms with Crippen molar-refractivity contribution in [3.63, 3.8) is 0 Å². The van der Waals surface area contributed by atoms with E-state index in [4.69, 9.17) is 15.5 Å². The van der Waals surface area contributed by atoms with Crippen LogP contribution in [0.25, 0.3) is 0 Å². The fourth-order valence-electron chi connectivity index (χ4n) is 1.30. The minimum Gasteiger partial charge on any atom is -0.382 e. The van der Waals surface area contributed by atoms with E-state index in [1.54, 1.807) is 0 Å². The molecule has 0 spiro atoms. The van der Waals surface area contributed by atoms with Gasteiger partial charge in [0.1, 0.15) is 17.5 Å². The highest BCUT2D eigenvalue weighted by atomic mass is 16.5. The molecule has 8 nitrogen and oxygen atoms in total. The first-order valence-corrected chi connectivity index (χ1v) is 5.69. The summed E-state index contributed by atoms with van der Waals surface area (Å²) >= 11 is 0. The van der Waals surface area contributed by atoms with E-state index in [1.807, 2.05) is 19.9 Å². The molecule has 0 amide bonds. The van der Waals surface area contributed by atoms with E-state index in [2.05, 4.69) is 25.4 Å². The van der Waals surface area contributed by atoms with Crippen molar-refractivity contribution in [1.29, 1.82) is 5.26 Å². The molecular weight excluding hydrogens is 246 g/mol. The van der Waals surface area contributed by atoms with E-state index in [-0.39, 0.29) is 17.3 Å². The van der Waals surface area contributed by atoms with Crippen molar-refractivity contribution in [3.05, 3.63) is 23.5 Å². The number of hydrogen-bond acceptors (Lipinski definition) is 8. The summed E-state index contributed by atoms with van der Waals surface area (Å²) in [6, 6.07) is 1.89. The second kappa shape index (κ2) is 5.30. The lowest BCUT2D eigenvalue weighted by Gasteiger charge is -2.02. The fourth-order valence-corrected chi connectivity index (χ4v) is 1.30. The summed E-state index contributed by atoms with van der Waals surface area (Å²) < 4.78 is 5.07. The molecule has 19 heavy (non-hydrogen) atoms. The van der Waals surface area contributed by atoms with Gasteiger partial charge in [-0.05, 0) is 0 Å². The molecule has 2 aromatic heterocycles. The molecule has 0 saturated heterocycles. The Kier molecular flexibility index (Phi) is 3.56. The quantitative estimate of drug-likeness (QED) is 0.834. The van der Waals surface area contributed by atoms with Gasteiger partial charge < -0.3 is 15.6 Å². The smallest absolute Gasteiger partial charge is 0.229 e. The van der Waals surface area contributed by atoms with Crippen LogP contribution in [0.3, 0.4) is 0 Å². The molecule has 2 rings (SSSR count). The maximum absolute atomic E-state index is 8.71. The van der Waals surface area contributed by atoms with Crippen molar-refractivity contribution in [1.82, 2.24) is 20.1 Å². The molecule has 0 atom stereocenters. The second-order valence-corrected chi connectivity index (χ2v) is 4.16. The highest BCUT2D eigenvalue weighted by Crippen LogP contribution is 2.12. The highest BCUT2D eigenvalue weighted by Gasteiger charge is 2.10. The lowest BCUT2D eigenvalue weighted by atomic mass is 10.2. The third kappa shape index (κ3) is 2.95. The maximum Gasteiger partial charge on any atom is 0.229 e. The summed E-state index contributed by atoms with van der Waals surface area (Å²) in [5.41, 5.74) is 5.82. The molecule has 2 heterocycles. The molecule has 0 aromatic carbocycles. The van der Waals surface area contributed by atoms with E-state index in [1.165, 1.54) is 6.20 Å². The fraction of sp³-hybridized carbons (Fsp3) is 0.364. The lowest BCUT2D eigenvalue weighted by Crippen LogP contribution is -2.07. The van der Waals surface area contributed by atoms with E-state index in [0.29, 0.717) is 24.2 Å². The Morgan fingerprint density at radius 3 is 2.84 bits per heavy atom. The van der Waals surface area contributed by atoms with Crippen molar-refractivity contribution >= 4 is 11.8 Å². The van der Waals surface area contributed by atoms with Gasteiger partial charge >= 0.3 is 0 Å². The van der Waals surface area contributed by atoms with Crippen LogP contribution in [0.1, 0.15) is 37.0 Å². The van der Waals surface area contributed by atoms with Gasteiger partial charge in [-0.25, -0.2) is 4.98 Å². The Hall–Kier alpha value is -2.69. The predicted molar refractivity (Wildman–Crippen MR) is 66.9 cm³/mol. The number of rotatable bonds is 4. The van der Waals surface area contributed by atoms with E-state index < -0.39 is 0 Å². The molecule has 2 aromatic rings. The molecule has 0 bridgehead atoms. The van der Waals surface area contributed by atoms with Gasteiger partial charge in [0.15, 0.2) is 5.82 Å². The zero-order chi connectivity index (χ0) is 13.8. The molecule has 98 valence electrons. The largest absolute Gasteiger partial charge is 0.382 e. The number of nitrogens with zero attached hydrogens (tertiary/aromatic N) is 5. The number of nitrogens with two attached hydrogens (primary N) is 1. The van der Waals surface area contributed by atoms with Crippen LogP contribution >= 0.6 is 0 Å². The van der Waals surface area contributed by atoms with Crippen LogP contribution in [0.15, 0.2) is 10.7 Å². The van der Waals surface area contributed by atoms with Crippen molar-refractivity contribution in [2.24, 2.45) is 0 Å². The van der Waals surface area contributed by atoms with Crippen LogP contribution in [0.5, 0.6) is 0 Å². The molecule has 0 radical (unpaired) electrons. The minimum atomic E-state index is 0.135. The summed E-state index contributed by atoms with van der Waals surface area (Å²) in [7, 11) is 0. The molecule has 0 unspecified atom stereocenters. The van der Waals surface area contributed by atoms with Crippen molar-refractivity contribution in [3.8, 4) is 6.07 Å². The Balaban J connectivity index is 2.02. The van der Waals surface area contributed by atoms with Crippen LogP contribution in [-0.2, 0) is 6.54 Å². The van der Waals surface area contributed by atoms with Gasteiger partial charge in [-0.3, -0.25) is 0 Å². The molecule has 0 aliphatic rings. The van der Waals surface area contributed by atoms with Gasteiger partial charge in [-0.1, -0.05) is 19.0 Å². The van der Waals surface area contributed by atoms with Gasteiger partial charge in [0.25, 0.3) is 0 Å². The lowest BCUT2D eigenvalue weighted by molar-refractivity contribution is 0.361. The summed E-state index contributed by atoms with van der Waals surface area (Å²) in [5.74, 6) is 1.72. The molecule has 8 heteroatoms. The Labute approximate surface area is 109 Å². The zero-order valence-electron chi connectivity index (χ0n) is 10.6. The van der Waals surface area contributed by atoms with Gasteiger partial charge in [-0.15, -0.1) is 0 Å². The summed E-state index contributed by atoms with van der Waals surface area (Å²) in [5, 5.41) is 15.4. The number of nitriles is 1. The molecule has 0 fully saturated rings. The second-order valence-electron chi connectivity index (χ2n) is 4.16. The van der Waals surface area contributed by atoms with Crippen LogP contribution in [-0.4, -0.2) is 20.1 Å². The zero-order valence-corrected chi connectivity index (χ0v) is 10.6. The van der Waals surface area contributed by atoms with Gasteiger partial charge in [-0.2, -0.15) is 15.2 Å². The molecule has 3 N–H and O–H groups in total. The first kappa shape index (κ1) is 12.8. The Morgan fingerprint density at radius 1 is 1.47 bits per heavy atom. The normalized spacial score (nSPS) is 10.4. The molecule has 0 saturated carbocycles. The van der Waals surface area contributed by atoms with E-state index in [9.17, 15) is 0 Å². The molecular formula is C11H13N7O. The first-order chi connectivity index (χ1) is 9.10. The summed E-state index contributed by atoms with van der Waals surface area (Å²) in [4.78, 5) is 12.1. The SMILES string of the molecule is CC(C)c1nc(CNc2ncc(C#N)c(N)n2)no1. The first-order valence-electron chi connectivity index (χ1n) is 5.69. The Bertz CT molecular complexity index is 614. The van der Waals surface area contributed by atoms with E-state index >= 15 is 0 Å². The van der Waals surface area contributed by atoms with Crippen LogP contribution in [0.2, 0.25) is 0 Å². The molecule has 0 aliphatic heterocycles. The number of nitrogens with one attached hydrogen (secondary N) is 1. The highest BCUT2D eigenvalue weighted by molar-refractivity contribution is 5.49. The average molecular weight is 259 g/mol. The number of anilines is 2. The van der Waals surface area contributed by atoms with Gasteiger partial charge in [0.05, 0.1) is 12.7 Å². The average Bonchev–Trinajstić information content (AvgIpc) is 2.85. The number of aromatic nitrogens is 4. The summed E-state index contributed by atoms with van der Waals surface area (Å²) in [6.07, 6.45) is 1.36. The summed E-state index contributed by atoms with van der Waals surface area (Å²) in [6.45, 7) is 4.26. The van der Waals surface area contributed by atoms with E-state index in [0.717, 1.165) is 0 Å². The van der Waals surface area contributed by atoms with Crippen molar-refractivity contribution < 1.29 is 4.52 Å². The van der Waals surface area contributed by atoms with Crippen LogP contribution in [0, 0.1) is 11.3 Å². The minimum absolute atomic E-state index is 0.135. The third-order valence-corrected chi connectivity index (χ3v) is 2.32. The number of hydrogen-bond donors (Lipinski definition) is 2. The monoisotopic (exact) mass is 259 g/mol. The molecule has 0 aliphatic carbocycles. The maximum atomic E-state index is 8.71. The Morgan fingerprint density at radius 2 is 2.26 bits per heavy atom. The predicted octanol–water partition coefficient (Wildman–Crippen LogP) is 1.05. The standard InChI is InChI=1S/C11H13N7O/c1-6(2)10-16-8(18-19-10)5-15-11-14-4-7(3-12)9(13)17-11/h4,6H,5H2,1-2H3,(H3,13,14,15,17).